The molecule has 1 aromatic carbocycles. The Bertz CT molecular complexity index is 790. The molecule has 2 aromatic rings. The Morgan fingerprint density at radius 2 is 2.07 bits per heavy atom. The van der Waals surface area contributed by atoms with Gasteiger partial charge in [0, 0.05) is 36.8 Å². The van der Waals surface area contributed by atoms with Gasteiger partial charge < -0.3 is 20.1 Å². The minimum Gasteiger partial charge on any atom is -0.490 e. The number of nitrogens with one attached hydrogen (secondary N) is 2. The Labute approximate surface area is 197 Å². The van der Waals surface area contributed by atoms with Crippen molar-refractivity contribution in [1.29, 1.82) is 0 Å². The zero-order chi connectivity index (χ0) is 21.1. The van der Waals surface area contributed by atoms with Crippen LogP contribution in [0.2, 0.25) is 0 Å². The van der Waals surface area contributed by atoms with Gasteiger partial charge in [0.25, 0.3) is 0 Å². The van der Waals surface area contributed by atoms with Crippen LogP contribution in [0, 0.1) is 6.92 Å². The quantitative estimate of drug-likeness (QED) is 0.182. The number of para-hydroxylation sites is 1. The molecule has 0 bridgehead atoms. The number of unbranched alkanes of at least 4 members (excludes halogenated alkanes) is 1. The van der Waals surface area contributed by atoms with Gasteiger partial charge in [0.15, 0.2) is 17.5 Å². The van der Waals surface area contributed by atoms with Crippen LogP contribution in [0.3, 0.4) is 0 Å². The van der Waals surface area contributed by atoms with E-state index in [1.807, 2.05) is 6.92 Å². The number of thiazole rings is 1. The maximum absolute atomic E-state index is 12.8. The molecule has 6 nitrogen and oxygen atoms in total. The number of nitrogens with zero attached hydrogens (tertiary/aromatic N) is 2. The fourth-order valence-electron chi connectivity index (χ4n) is 2.72. The summed E-state index contributed by atoms with van der Waals surface area (Å²) in [6.45, 7) is 2.26. The Balaban J connectivity index is 0.00000450. The van der Waals surface area contributed by atoms with Crippen LogP contribution in [0.15, 0.2) is 28.6 Å². The van der Waals surface area contributed by atoms with Gasteiger partial charge in [-0.1, -0.05) is 12.1 Å². The standard InChI is InChI=1S/C20H28F2N4O2S.HI/c1-4-27-16-9-7-8-15(18(16)28-19(21)22)12-25-20(23-3)24-11-6-5-10-17-26-14(2)13-29-17;/h7-9,13,19H,4-6,10-12H2,1-3H3,(H2,23,24,25);1H. The van der Waals surface area contributed by atoms with E-state index in [9.17, 15) is 8.78 Å². The van der Waals surface area contributed by atoms with E-state index in [4.69, 9.17) is 4.74 Å². The lowest BCUT2D eigenvalue weighted by Gasteiger charge is -2.17. The minimum atomic E-state index is -2.92. The highest BCUT2D eigenvalue weighted by Gasteiger charge is 2.16. The number of aryl methyl sites for hydroxylation is 2. The number of ether oxygens (including phenoxy) is 2. The van der Waals surface area contributed by atoms with Crippen molar-refractivity contribution in [1.82, 2.24) is 15.6 Å². The minimum absolute atomic E-state index is 0. The van der Waals surface area contributed by atoms with Crippen LogP contribution in [0.25, 0.3) is 0 Å². The van der Waals surface area contributed by atoms with Crippen LogP contribution in [-0.2, 0) is 13.0 Å². The highest BCUT2D eigenvalue weighted by atomic mass is 127. The first-order chi connectivity index (χ1) is 14.0. The molecule has 0 atom stereocenters. The van der Waals surface area contributed by atoms with Gasteiger partial charge in [0.1, 0.15) is 0 Å². The molecule has 0 aliphatic carbocycles. The number of guanidine groups is 1. The van der Waals surface area contributed by atoms with Crippen molar-refractivity contribution < 1.29 is 18.3 Å². The molecule has 0 spiro atoms. The van der Waals surface area contributed by atoms with Crippen molar-refractivity contribution in [3.8, 4) is 11.5 Å². The smallest absolute Gasteiger partial charge is 0.387 e. The number of alkyl halides is 2. The number of aromatic nitrogens is 1. The number of aliphatic imine (C=N–C) groups is 1. The number of rotatable bonds is 11. The summed E-state index contributed by atoms with van der Waals surface area (Å²) in [6.07, 6.45) is 2.96. The lowest BCUT2D eigenvalue weighted by molar-refractivity contribution is -0.0520. The van der Waals surface area contributed by atoms with Crippen molar-refractivity contribution in [2.24, 2.45) is 4.99 Å². The van der Waals surface area contributed by atoms with Gasteiger partial charge in [-0.25, -0.2) is 4.98 Å². The molecule has 0 amide bonds. The number of hydrogen-bond donors (Lipinski definition) is 2. The van der Waals surface area contributed by atoms with E-state index in [-0.39, 0.29) is 36.3 Å². The fourth-order valence-corrected chi connectivity index (χ4v) is 3.54. The Morgan fingerprint density at radius 3 is 2.70 bits per heavy atom. The summed E-state index contributed by atoms with van der Waals surface area (Å²) in [7, 11) is 1.67. The molecule has 0 unspecified atom stereocenters. The highest BCUT2D eigenvalue weighted by Crippen LogP contribution is 2.32. The maximum Gasteiger partial charge on any atom is 0.387 e. The third-order valence-electron chi connectivity index (χ3n) is 4.01. The third kappa shape index (κ3) is 8.99. The molecular formula is C20H29F2IN4O2S. The molecule has 10 heteroatoms. The van der Waals surface area contributed by atoms with Crippen LogP contribution >= 0.6 is 35.3 Å². The van der Waals surface area contributed by atoms with E-state index in [1.165, 1.54) is 0 Å². The maximum atomic E-state index is 12.8. The molecule has 0 saturated carbocycles. The largest absolute Gasteiger partial charge is 0.490 e. The molecule has 0 aliphatic rings. The molecule has 0 aliphatic heterocycles. The van der Waals surface area contributed by atoms with Crippen molar-refractivity contribution in [2.45, 2.75) is 46.3 Å². The van der Waals surface area contributed by atoms with Gasteiger partial charge in [-0.15, -0.1) is 35.3 Å². The second kappa shape index (κ2) is 14.3. The molecule has 1 heterocycles. The van der Waals surface area contributed by atoms with E-state index in [0.29, 0.717) is 23.9 Å². The SMILES string of the molecule is CCOc1cccc(CNC(=NC)NCCCCc2nc(C)cs2)c1OC(F)F.I. The predicted molar refractivity (Wildman–Crippen MR) is 128 cm³/mol. The summed E-state index contributed by atoms with van der Waals surface area (Å²) in [5, 5.41) is 9.58. The number of halogens is 3. The number of hydrogen-bond acceptors (Lipinski definition) is 5. The zero-order valence-electron chi connectivity index (χ0n) is 17.4. The molecule has 168 valence electrons. The van der Waals surface area contributed by atoms with Gasteiger partial charge >= 0.3 is 6.61 Å². The van der Waals surface area contributed by atoms with Crippen LogP contribution in [-0.4, -0.2) is 37.8 Å². The first-order valence-corrected chi connectivity index (χ1v) is 10.5. The average molecular weight is 554 g/mol. The summed E-state index contributed by atoms with van der Waals surface area (Å²) < 4.78 is 35.7. The summed E-state index contributed by atoms with van der Waals surface area (Å²) >= 11 is 1.69. The van der Waals surface area contributed by atoms with Crippen molar-refractivity contribution in [3.05, 3.63) is 39.8 Å². The first kappa shape index (κ1) is 26.3. The molecule has 2 rings (SSSR count). The van der Waals surface area contributed by atoms with Crippen molar-refractivity contribution in [2.75, 3.05) is 20.2 Å². The van der Waals surface area contributed by atoms with E-state index in [0.717, 1.165) is 36.5 Å². The van der Waals surface area contributed by atoms with Crippen LogP contribution in [0.5, 0.6) is 11.5 Å². The van der Waals surface area contributed by atoms with Gasteiger partial charge in [-0.3, -0.25) is 4.99 Å². The predicted octanol–water partition coefficient (Wildman–Crippen LogP) is 4.76. The monoisotopic (exact) mass is 554 g/mol. The zero-order valence-corrected chi connectivity index (χ0v) is 20.6. The molecule has 1 aromatic heterocycles. The molecule has 30 heavy (non-hydrogen) atoms. The topological polar surface area (TPSA) is 67.8 Å². The van der Waals surface area contributed by atoms with Crippen LogP contribution in [0.4, 0.5) is 8.78 Å². The lowest BCUT2D eigenvalue weighted by atomic mass is 10.2. The van der Waals surface area contributed by atoms with E-state index in [1.54, 1.807) is 43.5 Å². The van der Waals surface area contributed by atoms with Crippen LogP contribution in [0.1, 0.15) is 36.0 Å². The Kier molecular flexibility index (Phi) is 12.6. The normalized spacial score (nSPS) is 11.2. The van der Waals surface area contributed by atoms with Gasteiger partial charge in [-0.05, 0) is 39.2 Å². The second-order valence-corrected chi connectivity index (χ2v) is 7.19. The molecule has 0 fully saturated rings. The van der Waals surface area contributed by atoms with E-state index >= 15 is 0 Å². The second-order valence-electron chi connectivity index (χ2n) is 6.25. The van der Waals surface area contributed by atoms with Crippen molar-refractivity contribution in [3.63, 3.8) is 0 Å². The molecular weight excluding hydrogens is 525 g/mol. The molecule has 0 saturated heterocycles. The fraction of sp³-hybridized carbons (Fsp3) is 0.500. The highest BCUT2D eigenvalue weighted by molar-refractivity contribution is 14.0. The lowest BCUT2D eigenvalue weighted by Crippen LogP contribution is -2.37. The number of benzene rings is 1. The Hall–Kier alpha value is -1.69. The summed E-state index contributed by atoms with van der Waals surface area (Å²) in [5.74, 6) is 0.943. The van der Waals surface area contributed by atoms with Gasteiger partial charge in [0.05, 0.1) is 11.6 Å². The average Bonchev–Trinajstić information content (AvgIpc) is 3.11. The molecule has 0 radical (unpaired) electrons. The Morgan fingerprint density at radius 1 is 1.27 bits per heavy atom. The molecule has 2 N–H and O–H groups in total. The first-order valence-electron chi connectivity index (χ1n) is 9.58. The summed E-state index contributed by atoms with van der Waals surface area (Å²) in [4.78, 5) is 8.63. The summed E-state index contributed by atoms with van der Waals surface area (Å²) in [5.41, 5.74) is 1.63. The van der Waals surface area contributed by atoms with Gasteiger partial charge in [0.2, 0.25) is 0 Å². The van der Waals surface area contributed by atoms with Crippen molar-refractivity contribution >= 4 is 41.3 Å². The summed E-state index contributed by atoms with van der Waals surface area (Å²) in [6, 6.07) is 5.08. The van der Waals surface area contributed by atoms with E-state index in [2.05, 4.69) is 30.7 Å². The van der Waals surface area contributed by atoms with E-state index < -0.39 is 6.61 Å². The third-order valence-corrected chi connectivity index (χ3v) is 5.04. The van der Waals surface area contributed by atoms with Crippen LogP contribution < -0.4 is 20.1 Å². The van der Waals surface area contributed by atoms with Gasteiger partial charge in [-0.2, -0.15) is 8.78 Å².